The van der Waals surface area contributed by atoms with E-state index < -0.39 is 31.9 Å². The molecule has 0 unspecified atom stereocenters. The van der Waals surface area contributed by atoms with E-state index in [0.29, 0.717) is 24.1 Å². The Morgan fingerprint density at radius 3 is 1.47 bits per heavy atom. The molecule has 0 bridgehead atoms. The van der Waals surface area contributed by atoms with Crippen molar-refractivity contribution in [2.24, 2.45) is 11.8 Å². The molecule has 2 N–H and O–H groups in total. The first-order valence-corrected chi connectivity index (χ1v) is 28.6. The lowest BCUT2D eigenvalue weighted by Crippen LogP contribution is -2.51. The van der Waals surface area contributed by atoms with Crippen LogP contribution in [-0.4, -0.2) is 115 Å². The Balaban J connectivity index is 1.00. The zero-order valence-electron chi connectivity index (χ0n) is 46.4. The summed E-state index contributed by atoms with van der Waals surface area (Å²) >= 11 is 0. The molecule has 20 heteroatoms. The van der Waals surface area contributed by atoms with Gasteiger partial charge in [0.2, 0.25) is 11.8 Å². The van der Waals surface area contributed by atoms with E-state index in [1.807, 2.05) is 167 Å². The molecule has 2 aliphatic heterocycles. The molecule has 9 rings (SSSR count). The Morgan fingerprint density at radius 2 is 1.05 bits per heavy atom. The maximum absolute atomic E-state index is 15.1. The number of aromatic nitrogens is 6. The fraction of sp³-hybridized carbons (Fsp3) is 0.390. The van der Waals surface area contributed by atoms with Gasteiger partial charge in [0, 0.05) is 78.2 Å². The predicted molar refractivity (Wildman–Crippen MR) is 302 cm³/mol. The highest BCUT2D eigenvalue weighted by molar-refractivity contribution is 7.62. The van der Waals surface area contributed by atoms with Crippen LogP contribution in [0.2, 0.25) is 0 Å². The van der Waals surface area contributed by atoms with Gasteiger partial charge in [-0.15, -0.1) is 0 Å². The molecule has 416 valence electrons. The Morgan fingerprint density at radius 1 is 0.620 bits per heavy atom. The van der Waals surface area contributed by atoms with Gasteiger partial charge in [-0.25, -0.2) is 19.6 Å². The molecule has 0 saturated carbocycles. The van der Waals surface area contributed by atoms with Crippen LogP contribution in [-0.2, 0) is 32.7 Å². The van der Waals surface area contributed by atoms with Crippen LogP contribution in [0.4, 0.5) is 9.59 Å². The molecule has 3 aromatic carbocycles. The number of likely N-dealkylation sites (tertiary alicyclic amines) is 2. The van der Waals surface area contributed by atoms with Crippen molar-refractivity contribution in [2.45, 2.75) is 98.6 Å². The molecular formula is C59H71N10O9P. The number of nitrogens with zero attached hydrogens (tertiary/aromatic N) is 8. The summed E-state index contributed by atoms with van der Waals surface area (Å²) in [5.74, 6) is -0.626. The number of carbonyl (C=O) groups excluding carboxylic acids is 4. The molecular weight excluding hydrogens is 1020 g/mol. The van der Waals surface area contributed by atoms with Crippen molar-refractivity contribution < 1.29 is 42.3 Å². The summed E-state index contributed by atoms with van der Waals surface area (Å²) in [6.07, 6.45) is 16.7. The molecule has 2 saturated heterocycles. The van der Waals surface area contributed by atoms with E-state index in [2.05, 4.69) is 16.7 Å². The number of alkyl carbamates (subject to hydrolysis) is 2. The summed E-state index contributed by atoms with van der Waals surface area (Å²) < 4.78 is 44.8. The summed E-state index contributed by atoms with van der Waals surface area (Å²) in [7, 11) is -1.33. The highest BCUT2D eigenvalue weighted by atomic mass is 31.2. The van der Waals surface area contributed by atoms with Crippen LogP contribution >= 0.6 is 7.60 Å². The summed E-state index contributed by atoms with van der Waals surface area (Å²) in [5.41, 5.74) is 9.30. The van der Waals surface area contributed by atoms with Gasteiger partial charge in [0.1, 0.15) is 24.4 Å². The number of aryl methyl sites for hydroxylation is 1. The minimum atomic E-state index is -3.90. The molecule has 2 aliphatic rings. The van der Waals surface area contributed by atoms with Gasteiger partial charge in [0.25, 0.3) is 0 Å². The van der Waals surface area contributed by atoms with Crippen LogP contribution in [0.25, 0.3) is 56.1 Å². The van der Waals surface area contributed by atoms with Gasteiger partial charge >= 0.3 is 19.8 Å². The highest BCUT2D eigenvalue weighted by Gasteiger charge is 2.39. The second-order valence-corrected chi connectivity index (χ2v) is 22.6. The molecule has 19 nitrogen and oxygen atoms in total. The number of amides is 4. The van der Waals surface area contributed by atoms with Gasteiger partial charge in [-0.1, -0.05) is 76.2 Å². The molecule has 0 spiro atoms. The minimum absolute atomic E-state index is 0.146. The number of hydrogen-bond donors (Lipinski definition) is 2. The number of carbonyl (C=O) groups is 4. The minimum Gasteiger partial charge on any atom is -0.453 e. The highest BCUT2D eigenvalue weighted by Crippen LogP contribution is 2.49. The molecule has 79 heavy (non-hydrogen) atoms. The van der Waals surface area contributed by atoms with E-state index in [4.69, 9.17) is 28.5 Å². The third kappa shape index (κ3) is 11.6. The fourth-order valence-corrected chi connectivity index (χ4v) is 12.7. The summed E-state index contributed by atoms with van der Waals surface area (Å²) in [6.45, 7) is 14.6. The Bertz CT molecular complexity index is 3360. The van der Waals surface area contributed by atoms with Crippen molar-refractivity contribution in [3.63, 3.8) is 0 Å². The number of imidazole rings is 2. The normalized spacial score (nSPS) is 16.4. The summed E-state index contributed by atoms with van der Waals surface area (Å²) in [4.78, 5) is 65.5. The van der Waals surface area contributed by atoms with Crippen LogP contribution in [0.1, 0.15) is 85.1 Å². The van der Waals surface area contributed by atoms with E-state index in [9.17, 15) is 19.2 Å². The molecule has 4 aromatic heterocycles. The molecule has 4 amide bonds. The SMILES string of the molecule is CCOP(=O)(OCC)c1cc(-n2ccc(-c3ccccc3-c3cn([C@H]4CCCN4C(=O)[C@@H](NC(=O)OC)C(C)C)cn3)c2)c(C)cc1-n1ccc(-c2ccccc2-c2cn([C@H]3CCCN3C(=O)[C@@H](NC(=O)OC)C(C)C)cn2)c1. The van der Waals surface area contributed by atoms with Gasteiger partial charge < -0.3 is 57.2 Å². The van der Waals surface area contributed by atoms with E-state index in [1.54, 1.807) is 26.5 Å². The smallest absolute Gasteiger partial charge is 0.407 e. The zero-order chi connectivity index (χ0) is 56.1. The lowest BCUT2D eigenvalue weighted by atomic mass is 10.0. The van der Waals surface area contributed by atoms with Gasteiger partial charge in [0.15, 0.2) is 0 Å². The van der Waals surface area contributed by atoms with Crippen molar-refractivity contribution >= 4 is 36.9 Å². The Kier molecular flexibility index (Phi) is 17.1. The zero-order valence-corrected chi connectivity index (χ0v) is 47.3. The van der Waals surface area contributed by atoms with Crippen LogP contribution in [0.3, 0.4) is 0 Å². The first-order valence-electron chi connectivity index (χ1n) is 27.0. The van der Waals surface area contributed by atoms with E-state index in [0.717, 1.165) is 81.7 Å². The van der Waals surface area contributed by atoms with Crippen molar-refractivity contribution in [2.75, 3.05) is 40.5 Å². The second-order valence-electron chi connectivity index (χ2n) is 20.6. The Labute approximate surface area is 461 Å². The van der Waals surface area contributed by atoms with E-state index >= 15 is 4.57 Å². The Hall–Kier alpha value is -7.73. The standard InChI is InChI=1S/C59H71N10O9P/c1-10-77-79(74,78-11-2)51-31-49(64-28-24-41(32-64)43-18-12-14-20-45(43)47-34-66(36-60-47)52-22-16-26-68(52)56(70)54(38(3)4)62-58(72)75-8)40(7)30-50(51)65-29-25-42(33-65)44-19-13-15-21-46(44)48-35-67(37-61-48)53-23-17-27-69(53)57(71)55(39(5)6)63-59(73)76-9/h12-15,18-21,24-25,28-39,52-55H,10-11,16-17,22-23,26-27H2,1-9H3,(H,62,72)(H,63,73)/t52-,53-,54+,55+/m1/s1. The monoisotopic (exact) mass is 1090 g/mol. The lowest BCUT2D eigenvalue weighted by molar-refractivity contribution is -0.137. The average Bonchev–Trinajstić information content (AvgIpc) is 4.52. The maximum atomic E-state index is 15.1. The van der Waals surface area contributed by atoms with Crippen LogP contribution in [0.5, 0.6) is 0 Å². The maximum Gasteiger partial charge on any atom is 0.407 e. The number of ether oxygens (including phenoxy) is 2. The predicted octanol–water partition coefficient (Wildman–Crippen LogP) is 10.5. The summed E-state index contributed by atoms with van der Waals surface area (Å²) in [5, 5.41) is 5.86. The molecule has 4 atom stereocenters. The number of benzene rings is 3. The quantitative estimate of drug-likeness (QED) is 0.0731. The number of methoxy groups -OCH3 is 2. The van der Waals surface area contributed by atoms with Gasteiger partial charge in [0.05, 0.1) is 62.5 Å². The van der Waals surface area contributed by atoms with Gasteiger partial charge in [-0.3, -0.25) is 14.2 Å². The first kappa shape index (κ1) is 56.0. The molecule has 7 aromatic rings. The molecule has 0 radical (unpaired) electrons. The molecule has 6 heterocycles. The molecule has 0 aliphatic carbocycles. The van der Waals surface area contributed by atoms with Gasteiger partial charge in [-0.05, 0) is 99.2 Å². The number of hydrogen-bond acceptors (Lipinski definition) is 11. The first-order chi connectivity index (χ1) is 38.1. The van der Waals surface area contributed by atoms with Crippen molar-refractivity contribution in [1.29, 1.82) is 0 Å². The lowest BCUT2D eigenvalue weighted by Gasteiger charge is -2.31. The van der Waals surface area contributed by atoms with E-state index in [1.165, 1.54) is 14.2 Å². The van der Waals surface area contributed by atoms with Gasteiger partial charge in [-0.2, -0.15) is 0 Å². The van der Waals surface area contributed by atoms with Crippen molar-refractivity contribution in [3.8, 4) is 56.1 Å². The average molecular weight is 1100 g/mol. The number of nitrogens with one attached hydrogen (secondary N) is 2. The van der Waals surface area contributed by atoms with Crippen molar-refractivity contribution in [3.05, 3.63) is 128 Å². The second kappa shape index (κ2) is 24.1. The third-order valence-electron chi connectivity index (χ3n) is 14.8. The van der Waals surface area contributed by atoms with Crippen LogP contribution in [0, 0.1) is 18.8 Å². The third-order valence-corrected chi connectivity index (χ3v) is 17.0. The topological polar surface area (TPSA) is 198 Å². The number of rotatable bonds is 19. The molecule has 2 fully saturated rings. The fourth-order valence-electron chi connectivity index (χ4n) is 10.9. The largest absolute Gasteiger partial charge is 0.453 e. The van der Waals surface area contributed by atoms with Crippen molar-refractivity contribution in [1.82, 2.24) is 48.7 Å². The van der Waals surface area contributed by atoms with E-state index in [-0.39, 0.29) is 49.2 Å². The summed E-state index contributed by atoms with van der Waals surface area (Å²) in [6, 6.07) is 22.6. The van der Waals surface area contributed by atoms with Crippen LogP contribution < -0.4 is 15.9 Å². The van der Waals surface area contributed by atoms with Crippen LogP contribution in [0.15, 0.2) is 123 Å².